The summed E-state index contributed by atoms with van der Waals surface area (Å²) in [5, 5.41) is 30.8. The molecule has 0 radical (unpaired) electrons. The molecule has 1 aliphatic heterocycles. The molecule has 0 bridgehead atoms. The number of carbonyl (C=O) groups excluding carboxylic acids is 1. The van der Waals surface area contributed by atoms with E-state index in [9.17, 15) is 33.1 Å². The number of esters is 1. The molecule has 0 aromatic rings. The maximum Gasteiger partial charge on any atom is 0.397 e. The number of unbranched alkanes of at least 4 members (excludes halogenated alkanes) is 27. The number of aliphatic hydroxyl groups is 3. The minimum atomic E-state index is -5.07. The van der Waals surface area contributed by atoms with Crippen LogP contribution in [0, 0.1) is 0 Å². The number of rotatable bonds is 48. The van der Waals surface area contributed by atoms with Crippen LogP contribution in [0.25, 0.3) is 0 Å². The van der Waals surface area contributed by atoms with E-state index in [-0.39, 0.29) is 19.6 Å². The Kier molecular flexibility index (Phi) is 43.5. The van der Waals surface area contributed by atoms with E-state index in [4.69, 9.17) is 18.9 Å². The van der Waals surface area contributed by atoms with Crippen LogP contribution in [0.15, 0.2) is 48.6 Å². The van der Waals surface area contributed by atoms with Crippen molar-refractivity contribution in [2.45, 2.75) is 269 Å². The van der Waals surface area contributed by atoms with Crippen LogP contribution in [0.1, 0.15) is 232 Å². The lowest BCUT2D eigenvalue weighted by Crippen LogP contribution is -2.60. The third kappa shape index (κ3) is 38.8. The average Bonchev–Trinajstić information content (AvgIpc) is 3.31. The summed E-state index contributed by atoms with van der Waals surface area (Å²) in [7, 11) is -5.07. The molecule has 6 atom stereocenters. The second-order valence-electron chi connectivity index (χ2n) is 18.8. The molecular weight excluding hydrogens is 885 g/mol. The summed E-state index contributed by atoms with van der Waals surface area (Å²) in [5.74, 6) is -0.406. The first kappa shape index (κ1) is 64.1. The Hall–Kier alpha value is -1.94. The van der Waals surface area contributed by atoms with Crippen molar-refractivity contribution in [3.05, 3.63) is 48.6 Å². The zero-order valence-electron chi connectivity index (χ0n) is 42.9. The molecule has 68 heavy (non-hydrogen) atoms. The van der Waals surface area contributed by atoms with Gasteiger partial charge < -0.3 is 34.3 Å². The molecule has 0 saturated carbocycles. The van der Waals surface area contributed by atoms with Gasteiger partial charge in [-0.25, -0.2) is 4.18 Å². The monoisotopic (exact) mass is 985 g/mol. The number of aliphatic hydroxyl groups excluding tert-OH is 3. The fourth-order valence-corrected chi connectivity index (χ4v) is 8.77. The van der Waals surface area contributed by atoms with Crippen molar-refractivity contribution in [1.82, 2.24) is 0 Å². The van der Waals surface area contributed by atoms with Gasteiger partial charge in [0.15, 0.2) is 6.29 Å². The second kappa shape index (κ2) is 46.2. The molecule has 1 aliphatic rings. The highest BCUT2D eigenvalue weighted by Crippen LogP contribution is 2.26. The summed E-state index contributed by atoms with van der Waals surface area (Å²) in [4.78, 5) is 12.9. The number of ether oxygens (including phenoxy) is 4. The van der Waals surface area contributed by atoms with Crippen molar-refractivity contribution in [1.29, 1.82) is 0 Å². The molecule has 0 aromatic carbocycles. The molecule has 1 fully saturated rings. The number of hydrogen-bond acceptors (Lipinski definition) is 11. The Morgan fingerprint density at radius 1 is 0.559 bits per heavy atom. The van der Waals surface area contributed by atoms with Gasteiger partial charge in [-0.1, -0.05) is 197 Å². The number of allylic oxidation sites excluding steroid dienone is 8. The molecular formula is C55H100O12S. The lowest BCUT2D eigenvalue weighted by atomic mass is 9.99. The van der Waals surface area contributed by atoms with Crippen molar-refractivity contribution in [3.8, 4) is 0 Å². The molecule has 13 heteroatoms. The zero-order valence-corrected chi connectivity index (χ0v) is 43.7. The van der Waals surface area contributed by atoms with Crippen LogP contribution in [-0.2, 0) is 38.3 Å². The van der Waals surface area contributed by atoms with E-state index in [1.165, 1.54) is 148 Å². The van der Waals surface area contributed by atoms with Crippen molar-refractivity contribution in [2.24, 2.45) is 0 Å². The Balaban J connectivity index is 2.32. The minimum Gasteiger partial charge on any atom is -0.457 e. The first-order valence-corrected chi connectivity index (χ1v) is 28.8. The molecule has 1 rings (SSSR count). The highest BCUT2D eigenvalue weighted by Gasteiger charge is 2.48. The highest BCUT2D eigenvalue weighted by molar-refractivity contribution is 7.80. The zero-order chi connectivity index (χ0) is 49.6. The minimum absolute atomic E-state index is 0.0319. The average molecular weight is 985 g/mol. The molecule has 0 amide bonds. The van der Waals surface area contributed by atoms with E-state index in [0.717, 1.165) is 57.8 Å². The van der Waals surface area contributed by atoms with Crippen LogP contribution in [0.2, 0.25) is 0 Å². The van der Waals surface area contributed by atoms with E-state index in [1.807, 2.05) is 0 Å². The molecule has 1 heterocycles. The van der Waals surface area contributed by atoms with Crippen molar-refractivity contribution in [2.75, 3.05) is 26.4 Å². The summed E-state index contributed by atoms with van der Waals surface area (Å²) in [6.45, 7) is 3.97. The van der Waals surface area contributed by atoms with Gasteiger partial charge in [0.25, 0.3) is 0 Å². The van der Waals surface area contributed by atoms with E-state index >= 15 is 0 Å². The second-order valence-corrected chi connectivity index (χ2v) is 19.9. The Morgan fingerprint density at radius 2 is 0.971 bits per heavy atom. The van der Waals surface area contributed by atoms with E-state index in [2.05, 4.69) is 66.6 Å². The number of hydrogen-bond donors (Lipinski definition) is 4. The molecule has 0 aromatic heterocycles. The van der Waals surface area contributed by atoms with E-state index in [0.29, 0.717) is 13.0 Å². The van der Waals surface area contributed by atoms with Gasteiger partial charge in [-0.05, 0) is 77.0 Å². The van der Waals surface area contributed by atoms with Gasteiger partial charge >= 0.3 is 16.4 Å². The van der Waals surface area contributed by atoms with Crippen molar-refractivity contribution >= 4 is 16.4 Å². The maximum atomic E-state index is 12.9. The predicted octanol–water partition coefficient (Wildman–Crippen LogP) is 13.1. The lowest BCUT2D eigenvalue weighted by Gasteiger charge is -2.41. The van der Waals surface area contributed by atoms with Crippen LogP contribution >= 0.6 is 0 Å². The maximum absolute atomic E-state index is 12.9. The Bertz CT molecular complexity index is 1370. The fourth-order valence-electron chi connectivity index (χ4n) is 8.26. The SMILES string of the molecule is CCCCC/C=C\C/C=C\CCCCCCCCCC(=O)OC(COCCCCCCCCCCCCCC/C=C\C/C=C\CCCCCCC)COC1OC(CO)C(O)C(OS(=O)(=O)O)C1O. The van der Waals surface area contributed by atoms with Crippen LogP contribution in [0.4, 0.5) is 0 Å². The van der Waals surface area contributed by atoms with Gasteiger partial charge in [0.2, 0.25) is 0 Å². The summed E-state index contributed by atoms with van der Waals surface area (Å²) in [6.07, 6.45) is 48.5. The van der Waals surface area contributed by atoms with E-state index in [1.54, 1.807) is 0 Å². The summed E-state index contributed by atoms with van der Waals surface area (Å²) < 4.78 is 59.3. The quantitative estimate of drug-likeness (QED) is 0.0197. The first-order valence-electron chi connectivity index (χ1n) is 27.4. The predicted molar refractivity (Wildman–Crippen MR) is 276 cm³/mol. The van der Waals surface area contributed by atoms with Crippen LogP contribution in [-0.4, -0.2) is 97.5 Å². The van der Waals surface area contributed by atoms with Crippen LogP contribution < -0.4 is 0 Å². The van der Waals surface area contributed by atoms with Gasteiger partial charge in [-0.15, -0.1) is 0 Å². The Morgan fingerprint density at radius 3 is 1.43 bits per heavy atom. The largest absolute Gasteiger partial charge is 0.457 e. The van der Waals surface area contributed by atoms with Gasteiger partial charge in [0.05, 0.1) is 19.8 Å². The molecule has 1 saturated heterocycles. The van der Waals surface area contributed by atoms with E-state index < -0.39 is 59.8 Å². The highest BCUT2D eigenvalue weighted by atomic mass is 32.3. The van der Waals surface area contributed by atoms with Crippen molar-refractivity contribution < 1.29 is 56.2 Å². The van der Waals surface area contributed by atoms with Crippen LogP contribution in [0.5, 0.6) is 0 Å². The lowest BCUT2D eigenvalue weighted by molar-refractivity contribution is -0.301. The summed E-state index contributed by atoms with van der Waals surface area (Å²) in [5.41, 5.74) is 0. The van der Waals surface area contributed by atoms with Gasteiger partial charge in [0, 0.05) is 13.0 Å². The fraction of sp³-hybridized carbons (Fsp3) is 0.836. The first-order chi connectivity index (χ1) is 33.1. The van der Waals surface area contributed by atoms with Gasteiger partial charge in [-0.3, -0.25) is 9.35 Å². The smallest absolute Gasteiger partial charge is 0.397 e. The normalized spacial score (nSPS) is 19.6. The summed E-state index contributed by atoms with van der Waals surface area (Å²) >= 11 is 0. The molecule has 4 N–H and O–H groups in total. The number of carbonyl (C=O) groups is 1. The van der Waals surface area contributed by atoms with Crippen LogP contribution in [0.3, 0.4) is 0 Å². The molecule has 398 valence electrons. The van der Waals surface area contributed by atoms with Gasteiger partial charge in [0.1, 0.15) is 30.5 Å². The molecule has 0 spiro atoms. The molecule has 6 unspecified atom stereocenters. The third-order valence-electron chi connectivity index (χ3n) is 12.4. The standard InChI is InChI=1S/C55H100O12S/c1-3-5-7-9-11-13-15-17-19-21-22-23-24-25-26-27-29-31-33-35-37-39-41-43-45-63-47-49(48-64-55-53(59)54(67-68(60,61)62)52(58)50(46-56)66-55)65-51(57)44-42-40-38-36-34-32-30-28-20-18-16-14-12-10-8-6-4-2/h12,14-15,17-18,20-22,49-50,52-56,58-59H,3-11,13,16,19,23-48H2,1-2H3,(H,60,61,62)/b14-12-,17-15-,20-18-,22-21-. The summed E-state index contributed by atoms with van der Waals surface area (Å²) in [6, 6.07) is 0. The van der Waals surface area contributed by atoms with Crippen molar-refractivity contribution in [3.63, 3.8) is 0 Å². The molecule has 0 aliphatic carbocycles. The van der Waals surface area contributed by atoms with Gasteiger partial charge in [-0.2, -0.15) is 8.42 Å². The molecule has 12 nitrogen and oxygen atoms in total. The topological polar surface area (TPSA) is 178 Å². The third-order valence-corrected chi connectivity index (χ3v) is 12.9. The Labute approximate surface area is 415 Å².